The second-order valence-corrected chi connectivity index (χ2v) is 8.86. The van der Waals surface area contributed by atoms with Crippen molar-refractivity contribution in [1.29, 1.82) is 0 Å². The van der Waals surface area contributed by atoms with Crippen molar-refractivity contribution in [3.05, 3.63) is 94.4 Å². The van der Waals surface area contributed by atoms with E-state index in [0.717, 1.165) is 35.4 Å². The number of halogens is 1. The molecule has 5 rings (SSSR count). The monoisotopic (exact) mass is 443 g/mol. The number of carbonyl (C=O) groups excluding carboxylic acids is 1. The van der Waals surface area contributed by atoms with Gasteiger partial charge in [0.15, 0.2) is 5.65 Å². The van der Waals surface area contributed by atoms with Gasteiger partial charge < -0.3 is 4.90 Å². The lowest BCUT2D eigenvalue weighted by Crippen LogP contribution is -2.39. The Hall–Kier alpha value is -3.61. The lowest BCUT2D eigenvalue weighted by molar-refractivity contribution is 0.0707. The number of benzene rings is 1. The van der Waals surface area contributed by atoms with Gasteiger partial charge in [0, 0.05) is 49.2 Å². The maximum atomic E-state index is 14.2. The molecule has 0 unspecified atom stereocenters. The zero-order valence-electron chi connectivity index (χ0n) is 18.8. The lowest BCUT2D eigenvalue weighted by Gasteiger charge is -2.32. The highest BCUT2D eigenvalue weighted by atomic mass is 19.1. The van der Waals surface area contributed by atoms with Crippen molar-refractivity contribution in [2.45, 2.75) is 39.0 Å². The minimum absolute atomic E-state index is 0.0507. The topological polar surface area (TPSA) is 63.4 Å². The fourth-order valence-corrected chi connectivity index (χ4v) is 4.63. The molecule has 0 aliphatic carbocycles. The lowest BCUT2D eigenvalue weighted by atomic mass is 9.92. The number of hydrogen-bond donors (Lipinski definition) is 0. The normalized spacial score (nSPS) is 16.3. The fourth-order valence-electron chi connectivity index (χ4n) is 4.63. The van der Waals surface area contributed by atoms with Gasteiger partial charge in [0.05, 0.1) is 6.20 Å². The molecule has 0 spiro atoms. The summed E-state index contributed by atoms with van der Waals surface area (Å²) in [4.78, 5) is 24.4. The molecule has 6 nitrogen and oxygen atoms in total. The van der Waals surface area contributed by atoms with Crippen LogP contribution in [0.3, 0.4) is 0 Å². The summed E-state index contributed by atoms with van der Waals surface area (Å²) in [5.74, 6) is -0.107. The number of carbonyl (C=O) groups is 1. The van der Waals surface area contributed by atoms with Gasteiger partial charge in [-0.15, -0.1) is 0 Å². The van der Waals surface area contributed by atoms with E-state index >= 15 is 0 Å². The number of hydrogen-bond acceptors (Lipinski definition) is 4. The first kappa shape index (κ1) is 21.2. The SMILES string of the molecule is Cc1cnc2c(C(=O)N3CCC[C@H](c4cc(Cc5ccccc5F)cc(C)n4)C3)cnn2c1. The summed E-state index contributed by atoms with van der Waals surface area (Å²) in [6, 6.07) is 10.9. The largest absolute Gasteiger partial charge is 0.338 e. The van der Waals surface area contributed by atoms with Crippen molar-refractivity contribution >= 4 is 11.6 Å². The first-order chi connectivity index (χ1) is 16.0. The Morgan fingerprint density at radius 2 is 2.03 bits per heavy atom. The highest BCUT2D eigenvalue weighted by molar-refractivity contribution is 5.99. The summed E-state index contributed by atoms with van der Waals surface area (Å²) >= 11 is 0. The number of rotatable bonds is 4. The van der Waals surface area contributed by atoms with Crippen molar-refractivity contribution < 1.29 is 9.18 Å². The third-order valence-corrected chi connectivity index (χ3v) is 6.23. The van der Waals surface area contributed by atoms with Crippen molar-refractivity contribution in [3.8, 4) is 0 Å². The van der Waals surface area contributed by atoms with Crippen molar-refractivity contribution in [1.82, 2.24) is 24.5 Å². The van der Waals surface area contributed by atoms with Gasteiger partial charge in [-0.1, -0.05) is 18.2 Å². The Labute approximate surface area is 192 Å². The molecule has 7 heteroatoms. The molecule has 3 aromatic heterocycles. The van der Waals surface area contributed by atoms with Gasteiger partial charge in [-0.05, 0) is 61.6 Å². The minimum atomic E-state index is -0.194. The van der Waals surface area contributed by atoms with Crippen molar-refractivity contribution in [2.75, 3.05) is 13.1 Å². The number of likely N-dealkylation sites (tertiary alicyclic amines) is 1. The molecule has 1 aromatic carbocycles. The molecule has 4 heterocycles. The van der Waals surface area contributed by atoms with Crippen molar-refractivity contribution in [3.63, 3.8) is 0 Å². The first-order valence-corrected chi connectivity index (χ1v) is 11.3. The number of aromatic nitrogens is 4. The summed E-state index contributed by atoms with van der Waals surface area (Å²) < 4.78 is 15.8. The highest BCUT2D eigenvalue weighted by Crippen LogP contribution is 2.28. The first-order valence-electron chi connectivity index (χ1n) is 11.3. The number of fused-ring (bicyclic) bond motifs is 1. The second-order valence-electron chi connectivity index (χ2n) is 8.86. The van der Waals surface area contributed by atoms with Gasteiger partial charge in [-0.2, -0.15) is 5.10 Å². The van der Waals surface area contributed by atoms with E-state index in [4.69, 9.17) is 4.98 Å². The molecule has 33 heavy (non-hydrogen) atoms. The quantitative estimate of drug-likeness (QED) is 0.466. The molecule has 1 aliphatic rings. The molecule has 1 amide bonds. The fraction of sp³-hybridized carbons (Fsp3) is 0.308. The van der Waals surface area contributed by atoms with E-state index in [1.54, 1.807) is 23.0 Å². The van der Waals surface area contributed by atoms with Crippen LogP contribution in [0, 0.1) is 19.7 Å². The molecule has 0 bridgehead atoms. The van der Waals surface area contributed by atoms with E-state index in [-0.39, 0.29) is 17.6 Å². The van der Waals surface area contributed by atoms with Gasteiger partial charge in [0.25, 0.3) is 5.91 Å². The number of pyridine rings is 1. The van der Waals surface area contributed by atoms with Crippen molar-refractivity contribution in [2.24, 2.45) is 0 Å². The highest BCUT2D eigenvalue weighted by Gasteiger charge is 2.28. The minimum Gasteiger partial charge on any atom is -0.338 e. The molecule has 1 saturated heterocycles. The predicted octanol–water partition coefficient (Wildman–Crippen LogP) is 4.49. The average molecular weight is 444 g/mol. The van der Waals surface area contributed by atoms with E-state index in [2.05, 4.69) is 16.1 Å². The Bertz CT molecular complexity index is 1330. The number of amides is 1. The van der Waals surface area contributed by atoms with Crippen LogP contribution in [0.15, 0.2) is 55.0 Å². The Morgan fingerprint density at radius 3 is 2.88 bits per heavy atom. The number of nitrogens with zero attached hydrogens (tertiary/aromatic N) is 5. The van der Waals surface area contributed by atoms with E-state index in [1.165, 1.54) is 6.07 Å². The summed E-state index contributed by atoms with van der Waals surface area (Å²) in [7, 11) is 0. The van der Waals surface area contributed by atoms with E-state index < -0.39 is 0 Å². The Balaban J connectivity index is 1.37. The third-order valence-electron chi connectivity index (χ3n) is 6.23. The van der Waals surface area contributed by atoms with Crippen LogP contribution in [0.1, 0.15) is 57.2 Å². The van der Waals surface area contributed by atoms with Crippen LogP contribution in [0.5, 0.6) is 0 Å². The second kappa shape index (κ2) is 8.73. The van der Waals surface area contributed by atoms with Crippen LogP contribution >= 0.6 is 0 Å². The van der Waals surface area contributed by atoms with Crippen LogP contribution in [0.4, 0.5) is 4.39 Å². The van der Waals surface area contributed by atoms with Gasteiger partial charge in [0.1, 0.15) is 11.4 Å². The van der Waals surface area contributed by atoms with E-state index in [1.807, 2.05) is 43.1 Å². The van der Waals surface area contributed by atoms with Gasteiger partial charge in [-0.25, -0.2) is 13.9 Å². The molecular formula is C26H26FN5O. The summed E-state index contributed by atoms with van der Waals surface area (Å²) in [5, 5.41) is 4.31. The maximum absolute atomic E-state index is 14.2. The van der Waals surface area contributed by atoms with Crippen LogP contribution in [-0.4, -0.2) is 43.5 Å². The van der Waals surface area contributed by atoms with E-state index in [9.17, 15) is 9.18 Å². The molecule has 168 valence electrons. The number of aryl methyl sites for hydroxylation is 2. The molecule has 4 aromatic rings. The molecule has 1 aliphatic heterocycles. The molecular weight excluding hydrogens is 417 g/mol. The van der Waals surface area contributed by atoms with Gasteiger partial charge in [0.2, 0.25) is 0 Å². The van der Waals surface area contributed by atoms with E-state index in [0.29, 0.717) is 36.3 Å². The summed E-state index contributed by atoms with van der Waals surface area (Å²) in [5.41, 5.74) is 5.66. The molecule has 1 atom stereocenters. The van der Waals surface area contributed by atoms with Crippen LogP contribution in [-0.2, 0) is 6.42 Å². The maximum Gasteiger partial charge on any atom is 0.259 e. The summed E-state index contributed by atoms with van der Waals surface area (Å²) in [6.45, 7) is 5.21. The van der Waals surface area contributed by atoms with Gasteiger partial charge >= 0.3 is 0 Å². The third kappa shape index (κ3) is 4.35. The van der Waals surface area contributed by atoms with Crippen LogP contribution in [0.25, 0.3) is 5.65 Å². The Morgan fingerprint density at radius 1 is 1.18 bits per heavy atom. The predicted molar refractivity (Wildman–Crippen MR) is 124 cm³/mol. The van der Waals surface area contributed by atoms with Gasteiger partial charge in [-0.3, -0.25) is 9.78 Å². The molecule has 1 fully saturated rings. The standard InChI is InChI=1S/C26H26FN5O/c1-17-13-28-25-22(14-29-32(25)15-17)26(33)31-9-5-7-21(16-31)24-12-19(10-18(2)30-24)11-20-6-3-4-8-23(20)27/h3-4,6,8,10,12-15,21H,5,7,9,11,16H2,1-2H3/t21-/m0/s1. The Kier molecular flexibility index (Phi) is 5.62. The smallest absolute Gasteiger partial charge is 0.259 e. The molecule has 0 radical (unpaired) electrons. The van der Waals surface area contributed by atoms with Crippen LogP contribution in [0.2, 0.25) is 0 Å². The summed E-state index contributed by atoms with van der Waals surface area (Å²) in [6.07, 6.45) is 7.61. The zero-order valence-corrected chi connectivity index (χ0v) is 18.8. The number of piperidine rings is 1. The molecule has 0 saturated carbocycles. The molecule has 0 N–H and O–H groups in total. The van der Waals surface area contributed by atoms with Crippen LogP contribution < -0.4 is 0 Å². The average Bonchev–Trinajstić information content (AvgIpc) is 3.23. The zero-order chi connectivity index (χ0) is 22.9.